The van der Waals surface area contributed by atoms with E-state index in [1.807, 2.05) is 48.0 Å². The van der Waals surface area contributed by atoms with Crippen molar-refractivity contribution in [1.82, 2.24) is 24.6 Å². The van der Waals surface area contributed by atoms with Crippen LogP contribution in [0.1, 0.15) is 11.4 Å². The molecule has 0 radical (unpaired) electrons. The van der Waals surface area contributed by atoms with Crippen molar-refractivity contribution in [1.29, 1.82) is 0 Å². The zero-order valence-corrected chi connectivity index (χ0v) is 13.2. The highest BCUT2D eigenvalue weighted by Gasteiger charge is 2.15. The summed E-state index contributed by atoms with van der Waals surface area (Å²) in [5.41, 5.74) is 6.59. The molecule has 0 bridgehead atoms. The van der Waals surface area contributed by atoms with Crippen LogP contribution in [-0.2, 0) is 0 Å². The summed E-state index contributed by atoms with van der Waals surface area (Å²) < 4.78 is 1.87. The van der Waals surface area contributed by atoms with Gasteiger partial charge >= 0.3 is 0 Å². The lowest BCUT2D eigenvalue weighted by Gasteiger charge is -2.05. The highest BCUT2D eigenvalue weighted by atomic mass is 15.3. The van der Waals surface area contributed by atoms with Gasteiger partial charge in [0.15, 0.2) is 5.65 Å². The van der Waals surface area contributed by atoms with Crippen LogP contribution in [0.15, 0.2) is 61.7 Å². The third-order valence-electron chi connectivity index (χ3n) is 3.95. The number of aryl methyl sites for hydroxylation is 1. The normalized spacial score (nSPS) is 10.9. The molecule has 0 fully saturated rings. The Labute approximate surface area is 139 Å². The van der Waals surface area contributed by atoms with E-state index in [1.165, 1.54) is 0 Å². The van der Waals surface area contributed by atoms with Crippen molar-refractivity contribution < 1.29 is 0 Å². The summed E-state index contributed by atoms with van der Waals surface area (Å²) in [6, 6.07) is 9.87. The molecule has 0 saturated carbocycles. The zero-order chi connectivity index (χ0) is 16.5. The van der Waals surface area contributed by atoms with Crippen molar-refractivity contribution in [2.75, 3.05) is 0 Å². The first-order chi connectivity index (χ1) is 11.8. The number of fused-ring (bicyclic) bond motifs is 1. The number of nitrogens with zero attached hydrogens (tertiary/aromatic N) is 5. The summed E-state index contributed by atoms with van der Waals surface area (Å²) in [6.07, 6.45) is 8.90. The molecule has 4 aromatic rings. The molecule has 0 unspecified atom stereocenters. The van der Waals surface area contributed by atoms with Crippen LogP contribution in [0.2, 0.25) is 0 Å². The zero-order valence-electron chi connectivity index (χ0n) is 13.2. The quantitative estimate of drug-likeness (QED) is 0.577. The van der Waals surface area contributed by atoms with Crippen molar-refractivity contribution in [3.05, 3.63) is 73.1 Å². The molecule has 0 spiro atoms. The average Bonchev–Trinajstić information content (AvgIpc) is 2.98. The topological polar surface area (TPSA) is 56.0 Å². The lowest BCUT2D eigenvalue weighted by atomic mass is 10.1. The maximum absolute atomic E-state index is 4.74. The second kappa shape index (κ2) is 5.70. The number of aromatic nitrogens is 5. The van der Waals surface area contributed by atoms with Crippen LogP contribution in [0.3, 0.4) is 0 Å². The molecule has 0 aliphatic heterocycles. The van der Waals surface area contributed by atoms with Gasteiger partial charge < -0.3 is 0 Å². The molecule has 4 aromatic heterocycles. The number of hydrogen-bond donors (Lipinski definition) is 0. The van der Waals surface area contributed by atoms with Crippen LogP contribution in [0.4, 0.5) is 0 Å². The first-order valence-corrected chi connectivity index (χ1v) is 7.61. The van der Waals surface area contributed by atoms with Gasteiger partial charge in [0.1, 0.15) is 0 Å². The Kier molecular flexibility index (Phi) is 3.39. The van der Waals surface area contributed by atoms with Crippen LogP contribution in [-0.4, -0.2) is 24.6 Å². The van der Waals surface area contributed by atoms with E-state index in [0.29, 0.717) is 0 Å². The molecular formula is C19H15N5. The highest BCUT2D eigenvalue weighted by Crippen LogP contribution is 2.29. The Morgan fingerprint density at radius 3 is 2.54 bits per heavy atom. The van der Waals surface area contributed by atoms with Crippen molar-refractivity contribution in [3.63, 3.8) is 0 Å². The van der Waals surface area contributed by atoms with E-state index in [1.54, 1.807) is 24.7 Å². The molecule has 5 heteroatoms. The molecule has 0 aliphatic rings. The van der Waals surface area contributed by atoms with Crippen LogP contribution < -0.4 is 0 Å². The van der Waals surface area contributed by atoms with E-state index in [0.717, 1.165) is 39.4 Å². The fourth-order valence-electron chi connectivity index (χ4n) is 2.81. The summed E-state index contributed by atoms with van der Waals surface area (Å²) in [7, 11) is 0. The van der Waals surface area contributed by atoms with E-state index in [-0.39, 0.29) is 0 Å². The Hall–Kier alpha value is -3.34. The minimum atomic E-state index is 0.823. The Morgan fingerprint density at radius 2 is 1.83 bits per heavy atom. The van der Waals surface area contributed by atoms with Gasteiger partial charge in [-0.15, -0.1) is 0 Å². The average molecular weight is 313 g/mol. The van der Waals surface area contributed by atoms with Gasteiger partial charge in [0, 0.05) is 35.9 Å². The second-order valence-corrected chi connectivity index (χ2v) is 5.44. The highest BCUT2D eigenvalue weighted by molar-refractivity contribution is 5.80. The molecule has 0 aromatic carbocycles. The van der Waals surface area contributed by atoms with Crippen molar-refractivity contribution >= 4 is 11.7 Å². The molecule has 0 amide bonds. The maximum atomic E-state index is 4.74. The Balaban J connectivity index is 1.95. The Morgan fingerprint density at radius 1 is 1.00 bits per heavy atom. The van der Waals surface area contributed by atoms with Gasteiger partial charge in [0.25, 0.3) is 0 Å². The van der Waals surface area contributed by atoms with E-state index in [2.05, 4.69) is 21.6 Å². The fraction of sp³-hybridized carbons (Fsp3) is 0.0526. The molecule has 0 saturated heterocycles. The SMILES string of the molecule is C=Cc1ccc(-c2c(C)nc3c(-c4ccncc4)ccnn23)cn1. The van der Waals surface area contributed by atoms with Gasteiger partial charge in [-0.1, -0.05) is 6.58 Å². The third-order valence-corrected chi connectivity index (χ3v) is 3.95. The molecule has 0 aliphatic carbocycles. The van der Waals surface area contributed by atoms with Crippen molar-refractivity contribution in [2.45, 2.75) is 6.92 Å². The molecule has 116 valence electrons. The van der Waals surface area contributed by atoms with Crippen LogP contribution in [0.5, 0.6) is 0 Å². The second-order valence-electron chi connectivity index (χ2n) is 5.44. The van der Waals surface area contributed by atoms with Crippen molar-refractivity contribution in [2.24, 2.45) is 0 Å². The van der Waals surface area contributed by atoms with Gasteiger partial charge in [-0.2, -0.15) is 5.10 Å². The predicted molar refractivity (Wildman–Crippen MR) is 94.3 cm³/mol. The molecule has 4 heterocycles. The first kappa shape index (κ1) is 14.3. The summed E-state index contributed by atoms with van der Waals surface area (Å²) in [4.78, 5) is 13.2. The summed E-state index contributed by atoms with van der Waals surface area (Å²) >= 11 is 0. The van der Waals surface area contributed by atoms with Crippen molar-refractivity contribution in [3.8, 4) is 22.4 Å². The van der Waals surface area contributed by atoms with E-state index in [9.17, 15) is 0 Å². The fourth-order valence-corrected chi connectivity index (χ4v) is 2.81. The minimum absolute atomic E-state index is 0.823. The summed E-state index contributed by atoms with van der Waals surface area (Å²) in [6.45, 7) is 5.73. The van der Waals surface area contributed by atoms with Gasteiger partial charge in [-0.25, -0.2) is 9.50 Å². The largest absolute Gasteiger partial charge is 0.265 e. The summed E-state index contributed by atoms with van der Waals surface area (Å²) in [5, 5.41) is 4.50. The van der Waals surface area contributed by atoms with Gasteiger partial charge in [0.05, 0.1) is 17.1 Å². The van der Waals surface area contributed by atoms with E-state index in [4.69, 9.17) is 4.98 Å². The third kappa shape index (κ3) is 2.27. The van der Waals surface area contributed by atoms with E-state index >= 15 is 0 Å². The smallest absolute Gasteiger partial charge is 0.162 e. The lowest BCUT2D eigenvalue weighted by molar-refractivity contribution is 0.942. The number of imidazole rings is 1. The lowest BCUT2D eigenvalue weighted by Crippen LogP contribution is -1.96. The van der Waals surface area contributed by atoms with Gasteiger partial charge in [-0.3, -0.25) is 9.97 Å². The van der Waals surface area contributed by atoms with Gasteiger partial charge in [0.2, 0.25) is 0 Å². The predicted octanol–water partition coefficient (Wildman–Crippen LogP) is 3.80. The molecule has 5 nitrogen and oxygen atoms in total. The minimum Gasteiger partial charge on any atom is -0.265 e. The molecular weight excluding hydrogens is 298 g/mol. The van der Waals surface area contributed by atoms with E-state index < -0.39 is 0 Å². The van der Waals surface area contributed by atoms with Crippen LogP contribution in [0.25, 0.3) is 34.1 Å². The summed E-state index contributed by atoms with van der Waals surface area (Å²) in [5.74, 6) is 0. The molecule has 0 atom stereocenters. The van der Waals surface area contributed by atoms with Crippen LogP contribution >= 0.6 is 0 Å². The maximum Gasteiger partial charge on any atom is 0.162 e. The number of hydrogen-bond acceptors (Lipinski definition) is 4. The number of pyridine rings is 2. The molecule has 0 N–H and O–H groups in total. The number of rotatable bonds is 3. The molecule has 4 rings (SSSR count). The monoisotopic (exact) mass is 313 g/mol. The molecule has 24 heavy (non-hydrogen) atoms. The van der Waals surface area contributed by atoms with Crippen LogP contribution in [0, 0.1) is 6.92 Å². The van der Waals surface area contributed by atoms with Gasteiger partial charge in [-0.05, 0) is 48.9 Å². The first-order valence-electron chi connectivity index (χ1n) is 7.61. The standard InChI is InChI=1S/C19H15N5/c1-3-16-5-4-15(12-21-16)18-13(2)23-19-17(8-11-22-24(18)19)14-6-9-20-10-7-14/h3-12H,1H2,2H3. The Bertz CT molecular complexity index is 1020.